The van der Waals surface area contributed by atoms with Crippen LogP contribution in [0.4, 0.5) is 0 Å². The van der Waals surface area contributed by atoms with Crippen molar-refractivity contribution in [1.29, 1.82) is 0 Å². The van der Waals surface area contributed by atoms with E-state index in [0.717, 1.165) is 49.9 Å². The number of likely N-dealkylation sites (tertiary alicyclic amines) is 1. The number of carbonyl (C=O) groups is 2. The monoisotopic (exact) mass is 366 g/mol. The highest BCUT2D eigenvalue weighted by Gasteiger charge is 2.25. The van der Waals surface area contributed by atoms with Crippen LogP contribution in [0.1, 0.15) is 59.6 Å². The standard InChI is InChI=1S/C19H30N2O3S/c1-4-7-16-14(5-2)12-17(25-16)19(24)21-10-6-8-15(9-11-21)20(3)13-18(22)23/h12,15H,4-11,13H2,1-3H3,(H,22,23). The second-order valence-electron chi connectivity index (χ2n) is 6.85. The van der Waals surface area contributed by atoms with Crippen LogP contribution in [-0.4, -0.2) is 59.5 Å². The smallest absolute Gasteiger partial charge is 0.317 e. The van der Waals surface area contributed by atoms with Gasteiger partial charge in [-0.1, -0.05) is 20.3 Å². The SMILES string of the molecule is CCCc1sc(C(=O)N2CCCC(N(C)CC(=O)O)CC2)cc1CC. The van der Waals surface area contributed by atoms with E-state index in [1.165, 1.54) is 10.4 Å². The molecule has 2 rings (SSSR count). The third-order valence-corrected chi connectivity index (χ3v) is 6.18. The first-order valence-electron chi connectivity index (χ1n) is 9.29. The van der Waals surface area contributed by atoms with Crippen molar-refractivity contribution in [2.75, 3.05) is 26.7 Å². The van der Waals surface area contributed by atoms with Crippen molar-refractivity contribution < 1.29 is 14.7 Å². The first-order chi connectivity index (χ1) is 12.0. The molecular formula is C19H30N2O3S. The van der Waals surface area contributed by atoms with Gasteiger partial charge in [-0.15, -0.1) is 11.3 Å². The van der Waals surface area contributed by atoms with Crippen molar-refractivity contribution in [1.82, 2.24) is 9.80 Å². The molecule has 140 valence electrons. The number of aliphatic carboxylic acids is 1. The van der Waals surface area contributed by atoms with E-state index >= 15 is 0 Å². The fraction of sp³-hybridized carbons (Fsp3) is 0.684. The molecule has 1 N–H and O–H groups in total. The number of thiophene rings is 1. The average molecular weight is 367 g/mol. The van der Waals surface area contributed by atoms with Crippen LogP contribution < -0.4 is 0 Å². The summed E-state index contributed by atoms with van der Waals surface area (Å²) in [5.41, 5.74) is 1.31. The molecule has 0 aliphatic carbocycles. The van der Waals surface area contributed by atoms with Gasteiger partial charge in [0, 0.05) is 24.0 Å². The highest BCUT2D eigenvalue weighted by Crippen LogP contribution is 2.27. The van der Waals surface area contributed by atoms with Crippen molar-refractivity contribution in [2.45, 2.75) is 58.4 Å². The number of rotatable bonds is 7. The van der Waals surface area contributed by atoms with E-state index in [-0.39, 0.29) is 18.5 Å². The highest BCUT2D eigenvalue weighted by atomic mass is 32.1. The first-order valence-corrected chi connectivity index (χ1v) is 10.1. The largest absolute Gasteiger partial charge is 0.480 e. The molecule has 0 saturated carbocycles. The summed E-state index contributed by atoms with van der Waals surface area (Å²) in [6.45, 7) is 5.84. The zero-order valence-electron chi connectivity index (χ0n) is 15.6. The average Bonchev–Trinajstić information content (AvgIpc) is 2.81. The lowest BCUT2D eigenvalue weighted by Crippen LogP contribution is -2.37. The van der Waals surface area contributed by atoms with Crippen LogP contribution >= 0.6 is 11.3 Å². The number of carboxylic acids is 1. The normalized spacial score (nSPS) is 18.4. The van der Waals surface area contributed by atoms with E-state index < -0.39 is 5.97 Å². The van der Waals surface area contributed by atoms with E-state index in [0.29, 0.717) is 6.54 Å². The molecule has 2 heterocycles. The quantitative estimate of drug-likeness (QED) is 0.804. The van der Waals surface area contributed by atoms with Gasteiger partial charge >= 0.3 is 5.97 Å². The molecule has 1 aromatic heterocycles. The summed E-state index contributed by atoms with van der Waals surface area (Å²) < 4.78 is 0. The molecule has 6 heteroatoms. The fourth-order valence-electron chi connectivity index (χ4n) is 3.53. The number of nitrogens with zero attached hydrogens (tertiary/aromatic N) is 2. The summed E-state index contributed by atoms with van der Waals surface area (Å²) >= 11 is 1.65. The molecule has 1 aromatic rings. The lowest BCUT2D eigenvalue weighted by Gasteiger charge is -2.25. The van der Waals surface area contributed by atoms with E-state index in [1.54, 1.807) is 11.3 Å². The van der Waals surface area contributed by atoms with Crippen molar-refractivity contribution in [3.8, 4) is 0 Å². The Morgan fingerprint density at radius 3 is 2.72 bits per heavy atom. The number of amides is 1. The summed E-state index contributed by atoms with van der Waals surface area (Å²) in [5, 5.41) is 8.96. The first kappa shape index (κ1) is 19.9. The van der Waals surface area contributed by atoms with Crippen LogP contribution in [0, 0.1) is 0 Å². The van der Waals surface area contributed by atoms with Gasteiger partial charge in [-0.25, -0.2) is 0 Å². The summed E-state index contributed by atoms with van der Waals surface area (Å²) in [6.07, 6.45) is 5.82. The molecule has 1 aliphatic heterocycles. The molecule has 0 spiro atoms. The van der Waals surface area contributed by atoms with E-state index in [9.17, 15) is 9.59 Å². The van der Waals surface area contributed by atoms with Gasteiger partial charge in [0.15, 0.2) is 0 Å². The van der Waals surface area contributed by atoms with Crippen LogP contribution in [-0.2, 0) is 17.6 Å². The van der Waals surface area contributed by atoms with E-state index in [1.807, 2.05) is 16.8 Å². The van der Waals surface area contributed by atoms with Crippen LogP contribution in [0.5, 0.6) is 0 Å². The molecule has 0 bridgehead atoms. The zero-order valence-corrected chi connectivity index (χ0v) is 16.4. The van der Waals surface area contributed by atoms with Gasteiger partial charge in [-0.3, -0.25) is 14.5 Å². The maximum Gasteiger partial charge on any atom is 0.317 e. The zero-order chi connectivity index (χ0) is 18.4. The number of hydrogen-bond acceptors (Lipinski definition) is 4. The molecule has 25 heavy (non-hydrogen) atoms. The van der Waals surface area contributed by atoms with Crippen molar-refractivity contribution in [2.24, 2.45) is 0 Å². The molecule has 5 nitrogen and oxygen atoms in total. The Kier molecular flexibility index (Phi) is 7.44. The molecule has 0 aromatic carbocycles. The summed E-state index contributed by atoms with van der Waals surface area (Å²) in [5.74, 6) is -0.655. The number of aryl methyl sites for hydroxylation is 2. The predicted molar refractivity (Wildman–Crippen MR) is 102 cm³/mol. The molecule has 0 radical (unpaired) electrons. The topological polar surface area (TPSA) is 60.9 Å². The van der Waals surface area contributed by atoms with Crippen LogP contribution in [0.15, 0.2) is 6.07 Å². The number of carboxylic acid groups (broad SMARTS) is 1. The summed E-state index contributed by atoms with van der Waals surface area (Å²) in [7, 11) is 1.86. The van der Waals surface area contributed by atoms with Gasteiger partial charge in [0.2, 0.25) is 0 Å². The summed E-state index contributed by atoms with van der Waals surface area (Å²) in [6, 6.07) is 2.32. The molecule has 1 amide bonds. The molecule has 1 aliphatic rings. The van der Waals surface area contributed by atoms with Crippen LogP contribution in [0.3, 0.4) is 0 Å². The molecule has 1 saturated heterocycles. The Labute approximate surface area is 154 Å². The van der Waals surface area contributed by atoms with Gasteiger partial charge in [-0.05, 0) is 50.8 Å². The number of likely N-dealkylation sites (N-methyl/N-ethyl adjacent to an activating group) is 1. The van der Waals surface area contributed by atoms with Crippen LogP contribution in [0.2, 0.25) is 0 Å². The number of hydrogen-bond donors (Lipinski definition) is 1. The second kappa shape index (κ2) is 9.34. The Balaban J connectivity index is 2.02. The van der Waals surface area contributed by atoms with Gasteiger partial charge in [0.05, 0.1) is 11.4 Å². The Hall–Kier alpha value is -1.40. The third-order valence-electron chi connectivity index (χ3n) is 4.96. The minimum absolute atomic E-state index is 0.0593. The van der Waals surface area contributed by atoms with Crippen molar-refractivity contribution in [3.05, 3.63) is 21.4 Å². The van der Waals surface area contributed by atoms with Crippen LogP contribution in [0.25, 0.3) is 0 Å². The van der Waals surface area contributed by atoms with Crippen molar-refractivity contribution >= 4 is 23.2 Å². The Morgan fingerprint density at radius 1 is 1.32 bits per heavy atom. The lowest BCUT2D eigenvalue weighted by molar-refractivity contribution is -0.138. The Bertz CT molecular complexity index is 599. The minimum Gasteiger partial charge on any atom is -0.480 e. The lowest BCUT2D eigenvalue weighted by atomic mass is 10.1. The van der Waals surface area contributed by atoms with Crippen molar-refractivity contribution in [3.63, 3.8) is 0 Å². The molecule has 1 atom stereocenters. The van der Waals surface area contributed by atoms with E-state index in [4.69, 9.17) is 5.11 Å². The molecule has 1 unspecified atom stereocenters. The summed E-state index contributed by atoms with van der Waals surface area (Å²) in [4.78, 5) is 29.9. The van der Waals surface area contributed by atoms with Gasteiger partial charge in [0.1, 0.15) is 0 Å². The van der Waals surface area contributed by atoms with Gasteiger partial charge < -0.3 is 10.0 Å². The Morgan fingerprint density at radius 2 is 2.08 bits per heavy atom. The highest BCUT2D eigenvalue weighted by molar-refractivity contribution is 7.14. The predicted octanol–water partition coefficient (Wildman–Crippen LogP) is 3.27. The maximum absolute atomic E-state index is 12.9. The fourth-order valence-corrected chi connectivity index (χ4v) is 4.85. The number of carbonyl (C=O) groups excluding carboxylic acids is 1. The third kappa shape index (κ3) is 5.28. The maximum atomic E-state index is 12.9. The molecular weight excluding hydrogens is 336 g/mol. The molecule has 1 fully saturated rings. The minimum atomic E-state index is -0.797. The second-order valence-corrected chi connectivity index (χ2v) is 7.99. The van der Waals surface area contributed by atoms with E-state index in [2.05, 4.69) is 19.9 Å². The van der Waals surface area contributed by atoms with Gasteiger partial charge in [-0.2, -0.15) is 0 Å². The van der Waals surface area contributed by atoms with Gasteiger partial charge in [0.25, 0.3) is 5.91 Å².